The van der Waals surface area contributed by atoms with E-state index in [1.54, 1.807) is 6.07 Å². The molecular weight excluding hydrogens is 432 g/mol. The number of benzene rings is 3. The lowest BCUT2D eigenvalue weighted by molar-refractivity contribution is 0.590. The monoisotopic (exact) mass is 455 g/mol. The molecule has 33 heavy (non-hydrogen) atoms. The molecule has 0 fully saturated rings. The SMILES string of the molecule is CCCCCc1ccc(C#CC2=Cc3ccc(-c4c(F)cc(N=C=S)cc4F)cc3C2)cc1. The van der Waals surface area contributed by atoms with E-state index in [-0.39, 0.29) is 11.3 Å². The molecule has 0 spiro atoms. The second kappa shape index (κ2) is 10.5. The van der Waals surface area contributed by atoms with Gasteiger partial charge in [-0.15, -0.1) is 0 Å². The molecule has 1 nitrogen and oxygen atoms in total. The smallest absolute Gasteiger partial charge is 0.136 e. The zero-order valence-corrected chi connectivity index (χ0v) is 19.2. The number of aryl methyl sites for hydroxylation is 1. The number of hydrogen-bond acceptors (Lipinski definition) is 2. The molecule has 0 radical (unpaired) electrons. The molecule has 0 aliphatic heterocycles. The largest absolute Gasteiger partial charge is 0.206 e. The molecule has 0 unspecified atom stereocenters. The van der Waals surface area contributed by atoms with Crippen LogP contribution in [0.3, 0.4) is 0 Å². The van der Waals surface area contributed by atoms with E-state index in [1.165, 1.54) is 24.8 Å². The van der Waals surface area contributed by atoms with Crippen LogP contribution in [0.25, 0.3) is 17.2 Å². The van der Waals surface area contributed by atoms with Crippen LogP contribution in [0.4, 0.5) is 14.5 Å². The quantitative estimate of drug-likeness (QED) is 0.158. The van der Waals surface area contributed by atoms with Crippen LogP contribution in [0.2, 0.25) is 0 Å². The average Bonchev–Trinajstić information content (AvgIpc) is 3.21. The predicted octanol–water partition coefficient (Wildman–Crippen LogP) is 8.09. The van der Waals surface area contributed by atoms with Gasteiger partial charge < -0.3 is 0 Å². The zero-order chi connectivity index (χ0) is 23.2. The van der Waals surface area contributed by atoms with Gasteiger partial charge in [0.15, 0.2) is 0 Å². The number of hydrogen-bond donors (Lipinski definition) is 0. The number of rotatable bonds is 6. The molecule has 0 atom stereocenters. The minimum absolute atomic E-state index is 0.0697. The van der Waals surface area contributed by atoms with Gasteiger partial charge >= 0.3 is 0 Å². The number of allylic oxidation sites excluding steroid dienone is 1. The summed E-state index contributed by atoms with van der Waals surface area (Å²) in [4.78, 5) is 3.66. The van der Waals surface area contributed by atoms with E-state index >= 15 is 0 Å². The third-order valence-electron chi connectivity index (χ3n) is 5.73. The van der Waals surface area contributed by atoms with Gasteiger partial charge in [-0.2, -0.15) is 4.99 Å². The van der Waals surface area contributed by atoms with E-state index in [9.17, 15) is 8.78 Å². The van der Waals surface area contributed by atoms with Crippen molar-refractivity contribution in [1.29, 1.82) is 0 Å². The number of thiocarbonyl (C=S) groups is 1. The number of isothiocyanates is 1. The number of nitrogens with zero attached hydrogens (tertiary/aromatic N) is 1. The van der Waals surface area contributed by atoms with Crippen LogP contribution in [0.5, 0.6) is 0 Å². The molecule has 4 rings (SSSR count). The van der Waals surface area contributed by atoms with Crippen molar-refractivity contribution in [2.45, 2.75) is 39.0 Å². The maximum Gasteiger partial charge on any atom is 0.136 e. The van der Waals surface area contributed by atoms with E-state index in [2.05, 4.69) is 65.4 Å². The fourth-order valence-corrected chi connectivity index (χ4v) is 4.12. The van der Waals surface area contributed by atoms with E-state index in [1.807, 2.05) is 18.2 Å². The third-order valence-corrected chi connectivity index (χ3v) is 5.83. The summed E-state index contributed by atoms with van der Waals surface area (Å²) in [5, 5.41) is 2.13. The Kier molecular flexibility index (Phi) is 7.25. The Labute approximate surface area is 198 Å². The molecule has 0 saturated heterocycles. The molecule has 0 aromatic heterocycles. The van der Waals surface area contributed by atoms with Crippen molar-refractivity contribution in [3.8, 4) is 23.0 Å². The van der Waals surface area contributed by atoms with Gasteiger partial charge in [-0.25, -0.2) is 8.78 Å². The summed E-state index contributed by atoms with van der Waals surface area (Å²) in [6.45, 7) is 2.21. The molecule has 1 aliphatic carbocycles. The highest BCUT2D eigenvalue weighted by molar-refractivity contribution is 7.78. The minimum atomic E-state index is -0.678. The summed E-state index contributed by atoms with van der Waals surface area (Å²) < 4.78 is 29.1. The molecule has 0 heterocycles. The molecule has 0 amide bonds. The number of aliphatic imine (C=N–C) groups is 1. The van der Waals surface area contributed by atoms with Crippen molar-refractivity contribution in [2.24, 2.45) is 4.99 Å². The Balaban J connectivity index is 1.49. The van der Waals surface area contributed by atoms with Crippen molar-refractivity contribution < 1.29 is 8.78 Å². The lowest BCUT2D eigenvalue weighted by Crippen LogP contribution is -1.92. The molecule has 0 bridgehead atoms. The number of unbranched alkanes of at least 4 members (excludes halogenated alkanes) is 2. The molecular formula is C29H23F2NS. The van der Waals surface area contributed by atoms with Gasteiger partial charge in [-0.1, -0.05) is 55.9 Å². The average molecular weight is 456 g/mol. The van der Waals surface area contributed by atoms with Crippen molar-refractivity contribution in [3.63, 3.8) is 0 Å². The molecule has 3 aromatic carbocycles. The highest BCUT2D eigenvalue weighted by atomic mass is 32.1. The summed E-state index contributed by atoms with van der Waals surface area (Å²) >= 11 is 4.51. The first kappa shape index (κ1) is 22.8. The van der Waals surface area contributed by atoms with E-state index < -0.39 is 11.6 Å². The van der Waals surface area contributed by atoms with E-state index in [0.29, 0.717) is 12.0 Å². The fourth-order valence-electron chi connectivity index (χ4n) is 4.02. The third kappa shape index (κ3) is 5.52. The molecule has 1 aliphatic rings. The molecule has 3 aromatic rings. The Morgan fingerprint density at radius 1 is 0.939 bits per heavy atom. The highest BCUT2D eigenvalue weighted by Gasteiger charge is 2.17. The summed E-state index contributed by atoms with van der Waals surface area (Å²) in [5.41, 5.74) is 5.87. The first-order valence-electron chi connectivity index (χ1n) is 11.1. The normalized spacial score (nSPS) is 11.8. The second-order valence-corrected chi connectivity index (χ2v) is 8.33. The summed E-state index contributed by atoms with van der Waals surface area (Å²) in [6, 6.07) is 16.2. The zero-order valence-electron chi connectivity index (χ0n) is 18.4. The van der Waals surface area contributed by atoms with Gasteiger partial charge in [0.05, 0.1) is 16.4 Å². The van der Waals surface area contributed by atoms with Crippen LogP contribution in [-0.4, -0.2) is 5.16 Å². The maximum atomic E-state index is 14.6. The van der Waals surface area contributed by atoms with Crippen LogP contribution in [0, 0.1) is 23.5 Å². The fraction of sp³-hybridized carbons (Fsp3) is 0.207. The van der Waals surface area contributed by atoms with Crippen LogP contribution in [0.15, 0.2) is 65.2 Å². The van der Waals surface area contributed by atoms with E-state index in [0.717, 1.165) is 40.8 Å². The van der Waals surface area contributed by atoms with Gasteiger partial charge in [-0.3, -0.25) is 0 Å². The number of fused-ring (bicyclic) bond motifs is 1. The maximum absolute atomic E-state index is 14.6. The van der Waals surface area contributed by atoms with Crippen molar-refractivity contribution in [1.82, 2.24) is 0 Å². The minimum Gasteiger partial charge on any atom is -0.206 e. The van der Waals surface area contributed by atoms with Crippen LogP contribution in [0.1, 0.15) is 48.4 Å². The second-order valence-electron chi connectivity index (χ2n) is 8.15. The summed E-state index contributed by atoms with van der Waals surface area (Å²) in [7, 11) is 0. The Morgan fingerprint density at radius 2 is 1.70 bits per heavy atom. The van der Waals surface area contributed by atoms with Crippen molar-refractivity contribution >= 4 is 29.1 Å². The van der Waals surface area contributed by atoms with Gasteiger partial charge in [0.25, 0.3) is 0 Å². The first-order valence-corrected chi connectivity index (χ1v) is 11.5. The molecule has 4 heteroatoms. The Hall–Kier alpha value is -3.38. The lowest BCUT2D eigenvalue weighted by atomic mass is 9.99. The highest BCUT2D eigenvalue weighted by Crippen LogP contribution is 2.34. The topological polar surface area (TPSA) is 12.4 Å². The molecule has 0 saturated carbocycles. The van der Waals surface area contributed by atoms with Gasteiger partial charge in [0, 0.05) is 29.7 Å². The van der Waals surface area contributed by atoms with Gasteiger partial charge in [-0.05, 0) is 71.6 Å². The first-order chi connectivity index (χ1) is 16.1. The Morgan fingerprint density at radius 3 is 2.39 bits per heavy atom. The van der Waals surface area contributed by atoms with Crippen molar-refractivity contribution in [2.75, 3.05) is 0 Å². The van der Waals surface area contributed by atoms with E-state index in [4.69, 9.17) is 0 Å². The summed E-state index contributed by atoms with van der Waals surface area (Å²) in [5.74, 6) is 5.13. The molecule has 164 valence electrons. The standard InChI is InChI=1S/C29H23F2NS/c1-2-3-4-5-20-6-8-21(9-7-20)10-11-22-14-23-12-13-24(16-25(23)15-22)29-27(30)17-26(32-19-33)18-28(29)31/h6-9,12-14,16-18H,2-5,15H2,1H3. The van der Waals surface area contributed by atoms with Crippen molar-refractivity contribution in [3.05, 3.63) is 94.1 Å². The van der Waals surface area contributed by atoms with Crippen LogP contribution < -0.4 is 0 Å². The van der Waals surface area contributed by atoms with Gasteiger partial charge in [0.1, 0.15) is 11.6 Å². The van der Waals surface area contributed by atoms with Crippen LogP contribution >= 0.6 is 12.2 Å². The predicted molar refractivity (Wildman–Crippen MR) is 135 cm³/mol. The lowest BCUT2D eigenvalue weighted by Gasteiger charge is -2.08. The van der Waals surface area contributed by atoms with Crippen LogP contribution in [-0.2, 0) is 12.8 Å². The summed E-state index contributed by atoms with van der Waals surface area (Å²) in [6.07, 6.45) is 7.48. The Bertz CT molecular complexity index is 1300. The van der Waals surface area contributed by atoms with Gasteiger partial charge in [0.2, 0.25) is 0 Å². The molecule has 0 N–H and O–H groups in total. The number of halogens is 2.